The topological polar surface area (TPSA) is 143 Å². The van der Waals surface area contributed by atoms with E-state index >= 15 is 0 Å². The van der Waals surface area contributed by atoms with Crippen molar-refractivity contribution < 1.29 is 33.7 Å². The first-order valence-corrected chi connectivity index (χ1v) is 19.7. The van der Waals surface area contributed by atoms with E-state index in [4.69, 9.17) is 0 Å². The molecular formula is C28H26N2O8S4. The Morgan fingerprint density at radius 1 is 0.476 bits per heavy atom. The molecule has 4 aromatic rings. The van der Waals surface area contributed by atoms with Crippen LogP contribution in [-0.4, -0.2) is 89.5 Å². The first-order chi connectivity index (χ1) is 19.8. The normalized spacial score (nSPS) is 27.6. The molecule has 3 aliphatic rings. The predicted octanol–water partition coefficient (Wildman–Crippen LogP) is 2.02. The monoisotopic (exact) mass is 646 g/mol. The minimum absolute atomic E-state index is 0.113. The molecular weight excluding hydrogens is 621 g/mol. The van der Waals surface area contributed by atoms with Crippen molar-refractivity contribution in [1.29, 1.82) is 0 Å². The molecule has 7 rings (SSSR count). The van der Waals surface area contributed by atoms with Gasteiger partial charge in [-0.1, -0.05) is 60.7 Å². The number of rotatable bonds is 4. The van der Waals surface area contributed by atoms with Crippen LogP contribution in [-0.2, 0) is 39.7 Å². The van der Waals surface area contributed by atoms with Crippen LogP contribution < -0.4 is 0 Å². The highest BCUT2D eigenvalue weighted by Crippen LogP contribution is 2.43. The number of hydrogen-bond acceptors (Lipinski definition) is 8. The Bertz CT molecular complexity index is 2020. The molecule has 220 valence electrons. The largest absolute Gasteiger partial charge is 0.243 e. The van der Waals surface area contributed by atoms with Crippen molar-refractivity contribution in [3.63, 3.8) is 0 Å². The van der Waals surface area contributed by atoms with Crippen LogP contribution in [0, 0.1) is 0 Å². The Morgan fingerprint density at radius 3 is 1.12 bits per heavy atom. The first kappa shape index (κ1) is 27.9. The minimum Gasteiger partial charge on any atom is -0.229 e. The molecule has 0 amide bonds. The number of sulfone groups is 2. The van der Waals surface area contributed by atoms with E-state index in [-0.39, 0.29) is 9.79 Å². The molecule has 3 aliphatic heterocycles. The average molecular weight is 647 g/mol. The fraction of sp³-hybridized carbons (Fsp3) is 0.286. The summed E-state index contributed by atoms with van der Waals surface area (Å²) < 4.78 is 111. The van der Waals surface area contributed by atoms with Crippen molar-refractivity contribution >= 4 is 61.3 Å². The lowest BCUT2D eigenvalue weighted by atomic mass is 10.0. The summed E-state index contributed by atoms with van der Waals surface area (Å²) in [6, 6.07) is 18.1. The van der Waals surface area contributed by atoms with Crippen LogP contribution in [0.5, 0.6) is 0 Å². The third-order valence-electron chi connectivity index (χ3n) is 8.49. The number of sulfonamides is 2. The van der Waals surface area contributed by atoms with Crippen LogP contribution in [0.1, 0.15) is 0 Å². The van der Waals surface area contributed by atoms with Crippen molar-refractivity contribution in [2.45, 2.75) is 34.0 Å². The highest BCUT2D eigenvalue weighted by Gasteiger charge is 2.63. The maximum atomic E-state index is 14.3. The quantitative estimate of drug-likeness (QED) is 0.328. The van der Waals surface area contributed by atoms with E-state index in [9.17, 15) is 33.7 Å². The van der Waals surface area contributed by atoms with Gasteiger partial charge in [0, 0.05) is 0 Å². The molecule has 4 atom stereocenters. The van der Waals surface area contributed by atoms with Crippen LogP contribution in [0.2, 0.25) is 0 Å². The fourth-order valence-electron chi connectivity index (χ4n) is 6.70. The van der Waals surface area contributed by atoms with Gasteiger partial charge in [-0.25, -0.2) is 33.7 Å². The number of nitrogens with zero attached hydrogens (tertiary/aromatic N) is 2. The number of fused-ring (bicyclic) bond motifs is 4. The molecule has 10 nitrogen and oxygen atoms in total. The van der Waals surface area contributed by atoms with Gasteiger partial charge in [-0.2, -0.15) is 8.61 Å². The molecule has 3 saturated heterocycles. The van der Waals surface area contributed by atoms with Crippen LogP contribution in [0.3, 0.4) is 0 Å². The van der Waals surface area contributed by atoms with Crippen LogP contribution in [0.25, 0.3) is 21.5 Å². The Labute approximate surface area is 244 Å². The van der Waals surface area contributed by atoms with Crippen molar-refractivity contribution in [1.82, 2.24) is 8.61 Å². The van der Waals surface area contributed by atoms with E-state index in [0.717, 1.165) is 19.4 Å². The maximum Gasteiger partial charge on any atom is 0.243 e. The second-order valence-corrected chi connectivity index (χ2v) is 19.1. The van der Waals surface area contributed by atoms with Gasteiger partial charge in [0.1, 0.15) is 0 Å². The lowest BCUT2D eigenvalue weighted by Crippen LogP contribution is -2.69. The zero-order valence-corrected chi connectivity index (χ0v) is 25.3. The molecule has 0 spiro atoms. The van der Waals surface area contributed by atoms with Gasteiger partial charge in [0.2, 0.25) is 20.0 Å². The first-order valence-electron chi connectivity index (χ1n) is 13.2. The Morgan fingerprint density at radius 2 is 0.786 bits per heavy atom. The molecule has 0 N–H and O–H groups in total. The molecule has 0 aliphatic carbocycles. The SMILES string of the molecule is O=S1(=O)C[C@@H]2[C@H](C1)N(S(=O)(=O)c1ccc3ccccc3c1)[C@@H]1CS(=O)(=O)C[C@@H]1N2S(=O)(=O)c1ccc2ccccc2c1. The molecule has 0 aromatic heterocycles. The highest BCUT2D eigenvalue weighted by molar-refractivity contribution is 7.93. The minimum atomic E-state index is -4.44. The summed E-state index contributed by atoms with van der Waals surface area (Å²) in [6.45, 7) is 0. The van der Waals surface area contributed by atoms with E-state index in [1.54, 1.807) is 36.4 Å². The Hall–Kier alpha value is -2.88. The lowest BCUT2D eigenvalue weighted by molar-refractivity contribution is 0.0841. The fourth-order valence-corrected chi connectivity index (χ4v) is 14.8. The molecule has 3 heterocycles. The number of hydrogen-bond donors (Lipinski definition) is 0. The van der Waals surface area contributed by atoms with E-state index < -0.39 is 86.9 Å². The molecule has 14 heteroatoms. The summed E-state index contributed by atoms with van der Waals surface area (Å²) in [7, 11) is -16.6. The summed E-state index contributed by atoms with van der Waals surface area (Å²) in [5.74, 6) is -2.45. The smallest absolute Gasteiger partial charge is 0.229 e. The van der Waals surface area contributed by atoms with Crippen LogP contribution in [0.4, 0.5) is 0 Å². The average Bonchev–Trinajstić information content (AvgIpc) is 3.42. The van der Waals surface area contributed by atoms with E-state index in [1.165, 1.54) is 24.3 Å². The summed E-state index contributed by atoms with van der Waals surface area (Å²) in [5, 5.41) is 2.88. The molecule has 42 heavy (non-hydrogen) atoms. The highest BCUT2D eigenvalue weighted by atomic mass is 32.2. The van der Waals surface area contributed by atoms with Crippen molar-refractivity contribution in [3.8, 4) is 0 Å². The summed E-state index contributed by atoms with van der Waals surface area (Å²) >= 11 is 0. The predicted molar refractivity (Wildman–Crippen MR) is 158 cm³/mol. The summed E-state index contributed by atoms with van der Waals surface area (Å²) in [5.41, 5.74) is 0. The van der Waals surface area contributed by atoms with Gasteiger partial charge in [0.25, 0.3) is 0 Å². The maximum absolute atomic E-state index is 14.3. The standard InChI is InChI=1S/C28H26N2O8S4/c31-39(32)15-25-27(17-39)30(42(37,38)24-12-10-20-6-2-4-8-22(20)14-24)28-18-40(33,34)16-26(28)29(25)41(35,36)23-11-9-19-5-1-3-7-21(19)13-23/h1-14,25-28H,15-18H2/t25-,26+,27+,28-. The van der Waals surface area contributed by atoms with Gasteiger partial charge >= 0.3 is 0 Å². The zero-order valence-electron chi connectivity index (χ0n) is 22.0. The van der Waals surface area contributed by atoms with Gasteiger partial charge in [0.05, 0.1) is 57.0 Å². The van der Waals surface area contributed by atoms with Crippen molar-refractivity contribution in [2.24, 2.45) is 0 Å². The molecule has 0 saturated carbocycles. The number of piperazine rings is 1. The third kappa shape index (κ3) is 4.38. The van der Waals surface area contributed by atoms with E-state index in [2.05, 4.69) is 0 Å². The number of benzene rings is 4. The van der Waals surface area contributed by atoms with Crippen LogP contribution in [0.15, 0.2) is 94.7 Å². The van der Waals surface area contributed by atoms with Gasteiger partial charge in [-0.15, -0.1) is 0 Å². The van der Waals surface area contributed by atoms with Gasteiger partial charge in [0.15, 0.2) is 19.7 Å². The van der Waals surface area contributed by atoms with Gasteiger partial charge in [-0.05, 0) is 45.8 Å². The zero-order chi connectivity index (χ0) is 29.7. The van der Waals surface area contributed by atoms with Gasteiger partial charge in [-0.3, -0.25) is 0 Å². The van der Waals surface area contributed by atoms with Crippen molar-refractivity contribution in [2.75, 3.05) is 23.0 Å². The molecule has 0 radical (unpaired) electrons. The lowest BCUT2D eigenvalue weighted by Gasteiger charge is -2.49. The Balaban J connectivity index is 1.40. The van der Waals surface area contributed by atoms with E-state index in [0.29, 0.717) is 10.8 Å². The Kier molecular flexibility index (Phi) is 6.19. The summed E-state index contributed by atoms with van der Waals surface area (Å²) in [4.78, 5) is -0.226. The molecule has 0 bridgehead atoms. The molecule has 0 unspecified atom stereocenters. The van der Waals surface area contributed by atoms with E-state index in [1.807, 2.05) is 24.3 Å². The third-order valence-corrected chi connectivity index (χ3v) is 15.8. The summed E-state index contributed by atoms with van der Waals surface area (Å²) in [6.07, 6.45) is 0. The van der Waals surface area contributed by atoms with Gasteiger partial charge < -0.3 is 0 Å². The van der Waals surface area contributed by atoms with Crippen LogP contribution >= 0.6 is 0 Å². The second-order valence-electron chi connectivity index (χ2n) is 11.1. The molecule has 3 fully saturated rings. The van der Waals surface area contributed by atoms with Crippen molar-refractivity contribution in [3.05, 3.63) is 84.9 Å². The molecule has 4 aromatic carbocycles. The second kappa shape index (κ2) is 9.31.